The molecule has 2 atom stereocenters. The Morgan fingerprint density at radius 1 is 1.25 bits per heavy atom. The Labute approximate surface area is 148 Å². The van der Waals surface area contributed by atoms with Gasteiger partial charge in [-0.1, -0.05) is 42.9 Å². The van der Waals surface area contributed by atoms with E-state index in [2.05, 4.69) is 15.5 Å². The first kappa shape index (κ1) is 17.3. The van der Waals surface area contributed by atoms with Crippen LogP contribution in [0.25, 0.3) is 0 Å². The number of likely N-dealkylation sites (tertiary alicyclic amines) is 1. The third kappa shape index (κ3) is 3.61. The second kappa shape index (κ2) is 7.60. The minimum atomic E-state index is -0.255. The molecule has 3 amide bonds. The summed E-state index contributed by atoms with van der Waals surface area (Å²) in [6.07, 6.45) is 3.68. The monoisotopic (exact) mass is 368 g/mol. The van der Waals surface area contributed by atoms with E-state index in [4.69, 9.17) is 0 Å². The SMILES string of the molecule is CCSc1nnc(NC(=O)CCN2C(=O)[C@H]3CCCC[C@@H]3C2=O)s1. The fraction of sp³-hybridized carbons (Fsp3) is 0.667. The molecule has 130 valence electrons. The lowest BCUT2D eigenvalue weighted by Gasteiger charge is -2.19. The summed E-state index contributed by atoms with van der Waals surface area (Å²) in [5.41, 5.74) is 0. The van der Waals surface area contributed by atoms with Gasteiger partial charge in [0.15, 0.2) is 4.34 Å². The number of rotatable bonds is 6. The average molecular weight is 368 g/mol. The molecule has 1 aliphatic carbocycles. The highest BCUT2D eigenvalue weighted by Crippen LogP contribution is 2.38. The van der Waals surface area contributed by atoms with Crippen molar-refractivity contribution in [2.45, 2.75) is 43.4 Å². The predicted octanol–water partition coefficient (Wildman–Crippen LogP) is 2.15. The molecule has 3 rings (SSSR count). The average Bonchev–Trinajstić information content (AvgIpc) is 3.10. The van der Waals surface area contributed by atoms with Gasteiger partial charge in [-0.05, 0) is 18.6 Å². The van der Waals surface area contributed by atoms with Gasteiger partial charge >= 0.3 is 0 Å². The molecular formula is C15H20N4O3S2. The van der Waals surface area contributed by atoms with Crippen molar-refractivity contribution in [3.63, 3.8) is 0 Å². The molecular weight excluding hydrogens is 348 g/mol. The molecule has 24 heavy (non-hydrogen) atoms. The number of imide groups is 1. The van der Waals surface area contributed by atoms with Gasteiger partial charge in [0, 0.05) is 13.0 Å². The van der Waals surface area contributed by atoms with Crippen molar-refractivity contribution < 1.29 is 14.4 Å². The van der Waals surface area contributed by atoms with Crippen LogP contribution in [0, 0.1) is 11.8 Å². The molecule has 1 aromatic rings. The highest BCUT2D eigenvalue weighted by atomic mass is 32.2. The Morgan fingerprint density at radius 2 is 1.92 bits per heavy atom. The van der Waals surface area contributed by atoms with E-state index in [0.29, 0.717) is 5.13 Å². The summed E-state index contributed by atoms with van der Waals surface area (Å²) >= 11 is 2.89. The van der Waals surface area contributed by atoms with Crippen molar-refractivity contribution in [1.29, 1.82) is 0 Å². The fourth-order valence-corrected chi connectivity index (χ4v) is 4.95. The number of fused-ring (bicyclic) bond motifs is 1. The van der Waals surface area contributed by atoms with Crippen molar-refractivity contribution >= 4 is 46.0 Å². The van der Waals surface area contributed by atoms with Crippen molar-refractivity contribution in [1.82, 2.24) is 15.1 Å². The second-order valence-corrected chi connectivity index (χ2v) is 8.42. The van der Waals surface area contributed by atoms with Crippen LogP contribution in [0.15, 0.2) is 4.34 Å². The molecule has 7 nitrogen and oxygen atoms in total. The van der Waals surface area contributed by atoms with Crippen LogP contribution in [0.1, 0.15) is 39.0 Å². The number of carbonyl (C=O) groups excluding carboxylic acids is 3. The molecule has 0 unspecified atom stereocenters. The number of hydrogen-bond donors (Lipinski definition) is 1. The van der Waals surface area contributed by atoms with E-state index in [1.54, 1.807) is 11.8 Å². The smallest absolute Gasteiger partial charge is 0.233 e. The van der Waals surface area contributed by atoms with E-state index >= 15 is 0 Å². The number of amides is 3. The Hall–Kier alpha value is -1.48. The maximum atomic E-state index is 12.3. The summed E-state index contributed by atoms with van der Waals surface area (Å²) in [7, 11) is 0. The molecule has 0 spiro atoms. The van der Waals surface area contributed by atoms with Crippen LogP contribution in [0.2, 0.25) is 0 Å². The molecule has 9 heteroatoms. The quantitative estimate of drug-likeness (QED) is 0.470. The van der Waals surface area contributed by atoms with Crippen LogP contribution in [0.5, 0.6) is 0 Å². The molecule has 2 aliphatic rings. The first-order chi connectivity index (χ1) is 11.6. The van der Waals surface area contributed by atoms with Crippen LogP contribution in [-0.2, 0) is 14.4 Å². The second-order valence-electron chi connectivity index (χ2n) is 5.93. The van der Waals surface area contributed by atoms with Crippen molar-refractivity contribution in [2.24, 2.45) is 11.8 Å². The molecule has 1 N–H and O–H groups in total. The lowest BCUT2D eigenvalue weighted by molar-refractivity contribution is -0.140. The van der Waals surface area contributed by atoms with Crippen molar-refractivity contribution in [3.05, 3.63) is 0 Å². The maximum Gasteiger partial charge on any atom is 0.233 e. The topological polar surface area (TPSA) is 92.3 Å². The normalized spacial score (nSPS) is 23.5. The molecule has 1 saturated carbocycles. The highest BCUT2D eigenvalue weighted by Gasteiger charge is 2.47. The lowest BCUT2D eigenvalue weighted by Crippen LogP contribution is -2.34. The molecule has 0 aromatic carbocycles. The third-order valence-electron chi connectivity index (χ3n) is 4.42. The van der Waals surface area contributed by atoms with E-state index in [0.717, 1.165) is 35.8 Å². The summed E-state index contributed by atoms with van der Waals surface area (Å²) in [5.74, 6) is 0.112. The summed E-state index contributed by atoms with van der Waals surface area (Å²) in [4.78, 5) is 38.0. The number of anilines is 1. The Balaban J connectivity index is 1.52. The predicted molar refractivity (Wildman–Crippen MR) is 91.7 cm³/mol. The van der Waals surface area contributed by atoms with E-state index in [1.807, 2.05) is 6.92 Å². The lowest BCUT2D eigenvalue weighted by atomic mass is 9.81. The van der Waals surface area contributed by atoms with E-state index in [1.165, 1.54) is 16.2 Å². The molecule has 2 heterocycles. The van der Waals surface area contributed by atoms with Crippen LogP contribution in [0.3, 0.4) is 0 Å². The summed E-state index contributed by atoms with van der Waals surface area (Å²) < 4.78 is 0.807. The van der Waals surface area contributed by atoms with Crippen LogP contribution < -0.4 is 5.32 Å². The number of thioether (sulfide) groups is 1. The van der Waals surface area contributed by atoms with Gasteiger partial charge in [-0.2, -0.15) is 0 Å². The Kier molecular flexibility index (Phi) is 5.50. The largest absolute Gasteiger partial charge is 0.300 e. The first-order valence-electron chi connectivity index (χ1n) is 8.21. The number of nitrogens with one attached hydrogen (secondary N) is 1. The molecule has 2 fully saturated rings. The standard InChI is InChI=1S/C15H20N4O3S2/c1-2-23-15-18-17-14(24-15)16-11(20)7-8-19-12(21)9-5-3-4-6-10(9)13(19)22/h9-10H,2-8H2,1H3,(H,16,17,20)/t9-,10-/m0/s1. The third-order valence-corrected chi connectivity index (χ3v) is 6.27. The summed E-state index contributed by atoms with van der Waals surface area (Å²) in [5, 5.41) is 11.0. The molecule has 0 radical (unpaired) electrons. The zero-order valence-corrected chi connectivity index (χ0v) is 15.1. The number of hydrogen-bond acceptors (Lipinski definition) is 7. The fourth-order valence-electron chi connectivity index (χ4n) is 3.29. The van der Waals surface area contributed by atoms with Gasteiger partial charge in [-0.15, -0.1) is 10.2 Å². The minimum Gasteiger partial charge on any atom is -0.300 e. The molecule has 1 aromatic heterocycles. The number of nitrogens with zero attached hydrogens (tertiary/aromatic N) is 3. The van der Waals surface area contributed by atoms with Gasteiger partial charge < -0.3 is 5.32 Å². The first-order valence-corrected chi connectivity index (χ1v) is 10.0. The van der Waals surface area contributed by atoms with Crippen LogP contribution >= 0.6 is 23.1 Å². The van der Waals surface area contributed by atoms with Crippen LogP contribution in [-0.4, -0.2) is 45.1 Å². The van der Waals surface area contributed by atoms with Gasteiger partial charge in [0.2, 0.25) is 22.9 Å². The van der Waals surface area contributed by atoms with E-state index in [9.17, 15) is 14.4 Å². The Bertz CT molecular complexity index is 624. The van der Waals surface area contributed by atoms with Crippen LogP contribution in [0.4, 0.5) is 5.13 Å². The zero-order valence-electron chi connectivity index (χ0n) is 13.5. The molecule has 1 saturated heterocycles. The summed E-state index contributed by atoms with van der Waals surface area (Å²) in [6.45, 7) is 2.16. The van der Waals surface area contributed by atoms with Crippen molar-refractivity contribution in [3.8, 4) is 0 Å². The Morgan fingerprint density at radius 3 is 2.54 bits per heavy atom. The van der Waals surface area contributed by atoms with Gasteiger partial charge in [0.05, 0.1) is 11.8 Å². The minimum absolute atomic E-state index is 0.0900. The van der Waals surface area contributed by atoms with Crippen molar-refractivity contribution in [2.75, 3.05) is 17.6 Å². The number of aromatic nitrogens is 2. The highest BCUT2D eigenvalue weighted by molar-refractivity contribution is 8.01. The van der Waals surface area contributed by atoms with Gasteiger partial charge in [-0.25, -0.2) is 0 Å². The van der Waals surface area contributed by atoms with Gasteiger partial charge in [-0.3, -0.25) is 19.3 Å². The molecule has 1 aliphatic heterocycles. The van der Waals surface area contributed by atoms with E-state index < -0.39 is 0 Å². The van der Waals surface area contributed by atoms with E-state index in [-0.39, 0.29) is 42.5 Å². The number of carbonyl (C=O) groups is 3. The molecule has 0 bridgehead atoms. The van der Waals surface area contributed by atoms with Gasteiger partial charge in [0.25, 0.3) is 0 Å². The maximum absolute atomic E-state index is 12.3. The van der Waals surface area contributed by atoms with Gasteiger partial charge in [0.1, 0.15) is 0 Å². The summed E-state index contributed by atoms with van der Waals surface area (Å²) in [6, 6.07) is 0. The zero-order chi connectivity index (χ0) is 17.1.